The van der Waals surface area contributed by atoms with E-state index in [4.69, 9.17) is 6.42 Å². The van der Waals surface area contributed by atoms with Gasteiger partial charge in [0.05, 0.1) is 15.2 Å². The highest BCUT2D eigenvalue weighted by Crippen LogP contribution is 2.23. The second-order valence-electron chi connectivity index (χ2n) is 4.73. The van der Waals surface area contributed by atoms with Crippen LogP contribution >= 0.6 is 11.3 Å². The minimum Gasteiger partial charge on any atom is -0.341 e. The number of fused-ring (bicyclic) bond motifs is 1. The molecule has 2 aromatic rings. The predicted octanol–water partition coefficient (Wildman–Crippen LogP) is 2.32. The monoisotopic (exact) mass is 270 g/mol. The summed E-state index contributed by atoms with van der Waals surface area (Å²) in [5.74, 6) is 2.92. The van der Waals surface area contributed by atoms with E-state index in [9.17, 15) is 4.79 Å². The highest BCUT2D eigenvalue weighted by molar-refractivity contribution is 7.18. The molecule has 1 aromatic carbocycles. The van der Waals surface area contributed by atoms with Crippen LogP contribution in [0.3, 0.4) is 0 Å². The molecule has 1 aliphatic rings. The molecule has 19 heavy (non-hydrogen) atoms. The summed E-state index contributed by atoms with van der Waals surface area (Å²) in [6.45, 7) is 1.41. The van der Waals surface area contributed by atoms with Crippen LogP contribution in [0.15, 0.2) is 24.3 Å². The number of terminal acetylenes is 1. The summed E-state index contributed by atoms with van der Waals surface area (Å²) in [7, 11) is 0. The number of nitrogens with zero attached hydrogens (tertiary/aromatic N) is 2. The van der Waals surface area contributed by atoms with E-state index in [1.807, 2.05) is 23.1 Å². The maximum absolute atomic E-state index is 11.8. The molecule has 96 valence electrons. The van der Waals surface area contributed by atoms with Gasteiger partial charge in [-0.2, -0.15) is 0 Å². The Balaban J connectivity index is 1.66. The van der Waals surface area contributed by atoms with Gasteiger partial charge in [0.1, 0.15) is 0 Å². The summed E-state index contributed by atoms with van der Waals surface area (Å²) in [5, 5.41) is 1.08. The standard InChI is InChI=1S/C15H14N2OS/c1-2-11-9-15(18)17(10-11)8-7-14-16-12-5-3-4-6-13(12)19-14/h1,3-6,11H,7-10H2. The van der Waals surface area contributed by atoms with Gasteiger partial charge in [0.25, 0.3) is 0 Å². The maximum atomic E-state index is 11.8. The van der Waals surface area contributed by atoms with Crippen molar-refractivity contribution in [3.8, 4) is 12.3 Å². The number of aromatic nitrogens is 1. The lowest BCUT2D eigenvalue weighted by Gasteiger charge is -2.14. The van der Waals surface area contributed by atoms with Crippen LogP contribution in [-0.4, -0.2) is 28.9 Å². The largest absolute Gasteiger partial charge is 0.341 e. The molecule has 0 radical (unpaired) electrons. The van der Waals surface area contributed by atoms with E-state index in [2.05, 4.69) is 17.0 Å². The first-order valence-electron chi connectivity index (χ1n) is 6.34. The van der Waals surface area contributed by atoms with Gasteiger partial charge in [-0.05, 0) is 12.1 Å². The third-order valence-electron chi connectivity index (χ3n) is 3.38. The molecule has 1 fully saturated rings. The smallest absolute Gasteiger partial charge is 0.223 e. The predicted molar refractivity (Wildman–Crippen MR) is 76.8 cm³/mol. The van der Waals surface area contributed by atoms with Crippen molar-refractivity contribution in [1.29, 1.82) is 0 Å². The molecule has 0 saturated carbocycles. The first-order valence-corrected chi connectivity index (χ1v) is 7.16. The molecular weight excluding hydrogens is 256 g/mol. The van der Waals surface area contributed by atoms with Crippen LogP contribution in [0.4, 0.5) is 0 Å². The van der Waals surface area contributed by atoms with E-state index in [0.717, 1.165) is 23.5 Å². The number of likely N-dealkylation sites (tertiary alicyclic amines) is 1. The number of hydrogen-bond acceptors (Lipinski definition) is 3. The molecule has 3 rings (SSSR count). The van der Waals surface area contributed by atoms with Gasteiger partial charge in [-0.25, -0.2) is 4.98 Å². The fourth-order valence-electron chi connectivity index (χ4n) is 2.36. The van der Waals surface area contributed by atoms with Crippen molar-refractivity contribution < 1.29 is 4.79 Å². The van der Waals surface area contributed by atoms with E-state index in [1.54, 1.807) is 11.3 Å². The topological polar surface area (TPSA) is 33.2 Å². The lowest BCUT2D eigenvalue weighted by molar-refractivity contribution is -0.127. The summed E-state index contributed by atoms with van der Waals surface area (Å²) in [6, 6.07) is 8.11. The quantitative estimate of drug-likeness (QED) is 0.802. The van der Waals surface area contributed by atoms with Gasteiger partial charge in [0.2, 0.25) is 5.91 Å². The van der Waals surface area contributed by atoms with Crippen molar-refractivity contribution in [2.75, 3.05) is 13.1 Å². The zero-order valence-electron chi connectivity index (χ0n) is 10.5. The molecular formula is C15H14N2OS. The fraction of sp³-hybridized carbons (Fsp3) is 0.333. The van der Waals surface area contributed by atoms with Crippen molar-refractivity contribution in [3.63, 3.8) is 0 Å². The molecule has 1 aromatic heterocycles. The zero-order valence-corrected chi connectivity index (χ0v) is 11.3. The van der Waals surface area contributed by atoms with Gasteiger partial charge in [0, 0.05) is 31.8 Å². The Bertz CT molecular complexity index is 622. The van der Waals surface area contributed by atoms with Crippen LogP contribution in [0.1, 0.15) is 11.4 Å². The number of amides is 1. The average Bonchev–Trinajstić information content (AvgIpc) is 2.99. The van der Waals surface area contributed by atoms with E-state index in [-0.39, 0.29) is 11.8 Å². The SMILES string of the molecule is C#CC1CC(=O)N(CCc2nc3ccccc3s2)C1. The summed E-state index contributed by atoms with van der Waals surface area (Å²) in [5.41, 5.74) is 1.04. The highest BCUT2D eigenvalue weighted by atomic mass is 32.1. The number of para-hydroxylation sites is 1. The molecule has 1 amide bonds. The fourth-order valence-corrected chi connectivity index (χ4v) is 3.31. The average molecular weight is 270 g/mol. The molecule has 0 N–H and O–H groups in total. The summed E-state index contributed by atoms with van der Waals surface area (Å²) < 4.78 is 1.20. The first kappa shape index (κ1) is 12.2. The molecule has 1 unspecified atom stereocenters. The van der Waals surface area contributed by atoms with Gasteiger partial charge in [0.15, 0.2) is 0 Å². The molecule has 0 spiro atoms. The van der Waals surface area contributed by atoms with Gasteiger partial charge in [-0.3, -0.25) is 4.79 Å². The van der Waals surface area contributed by atoms with Crippen LogP contribution in [0.25, 0.3) is 10.2 Å². The third kappa shape index (κ3) is 2.47. The summed E-state index contributed by atoms with van der Waals surface area (Å²) in [4.78, 5) is 18.2. The Labute approximate surface area is 116 Å². The van der Waals surface area contributed by atoms with Crippen molar-refractivity contribution in [3.05, 3.63) is 29.3 Å². The van der Waals surface area contributed by atoms with Crippen molar-refractivity contribution in [1.82, 2.24) is 9.88 Å². The number of hydrogen-bond donors (Lipinski definition) is 0. The van der Waals surface area contributed by atoms with E-state index in [0.29, 0.717) is 13.0 Å². The zero-order chi connectivity index (χ0) is 13.2. The Morgan fingerprint density at radius 3 is 3.05 bits per heavy atom. The van der Waals surface area contributed by atoms with Crippen LogP contribution in [0, 0.1) is 18.3 Å². The molecule has 1 atom stereocenters. The normalized spacial score (nSPS) is 19.0. The number of thiazole rings is 1. The van der Waals surface area contributed by atoms with Crippen LogP contribution in [0.5, 0.6) is 0 Å². The molecule has 3 nitrogen and oxygen atoms in total. The van der Waals surface area contributed by atoms with Gasteiger partial charge < -0.3 is 4.90 Å². The number of carbonyl (C=O) groups excluding carboxylic acids is 1. The Morgan fingerprint density at radius 2 is 2.32 bits per heavy atom. The number of rotatable bonds is 3. The third-order valence-corrected chi connectivity index (χ3v) is 4.48. The molecule has 0 bridgehead atoms. The van der Waals surface area contributed by atoms with E-state index < -0.39 is 0 Å². The summed E-state index contributed by atoms with van der Waals surface area (Å²) in [6.07, 6.45) is 6.68. The lowest BCUT2D eigenvalue weighted by Crippen LogP contribution is -2.27. The first-order chi connectivity index (χ1) is 9.26. The van der Waals surface area contributed by atoms with Gasteiger partial charge in [-0.1, -0.05) is 12.1 Å². The van der Waals surface area contributed by atoms with Crippen LogP contribution in [0.2, 0.25) is 0 Å². The van der Waals surface area contributed by atoms with Crippen molar-refractivity contribution in [2.45, 2.75) is 12.8 Å². The number of carbonyl (C=O) groups is 1. The minimum atomic E-state index is 0.0860. The molecule has 4 heteroatoms. The molecule has 2 heterocycles. The van der Waals surface area contributed by atoms with Crippen molar-refractivity contribution in [2.24, 2.45) is 5.92 Å². The Kier molecular flexibility index (Phi) is 3.22. The second kappa shape index (κ2) is 5.02. The number of benzene rings is 1. The summed E-state index contributed by atoms with van der Waals surface area (Å²) >= 11 is 1.70. The van der Waals surface area contributed by atoms with Gasteiger partial charge in [-0.15, -0.1) is 23.7 Å². The van der Waals surface area contributed by atoms with E-state index in [1.165, 1.54) is 4.70 Å². The Morgan fingerprint density at radius 1 is 1.47 bits per heavy atom. The van der Waals surface area contributed by atoms with Crippen molar-refractivity contribution >= 4 is 27.5 Å². The second-order valence-corrected chi connectivity index (χ2v) is 5.85. The lowest BCUT2D eigenvalue weighted by atomic mass is 10.1. The van der Waals surface area contributed by atoms with Gasteiger partial charge >= 0.3 is 0 Å². The maximum Gasteiger partial charge on any atom is 0.223 e. The van der Waals surface area contributed by atoms with E-state index >= 15 is 0 Å². The molecule has 1 saturated heterocycles. The Hall–Kier alpha value is -1.86. The minimum absolute atomic E-state index is 0.0860. The van der Waals surface area contributed by atoms with Crippen LogP contribution in [-0.2, 0) is 11.2 Å². The molecule has 1 aliphatic heterocycles. The van der Waals surface area contributed by atoms with Crippen LogP contribution < -0.4 is 0 Å². The highest BCUT2D eigenvalue weighted by Gasteiger charge is 2.27. The molecule has 0 aliphatic carbocycles.